The lowest BCUT2D eigenvalue weighted by atomic mass is 10.1. The first-order valence-corrected chi connectivity index (χ1v) is 13.5. The first kappa shape index (κ1) is 24.2. The summed E-state index contributed by atoms with van der Waals surface area (Å²) in [5.74, 6) is 5.23. The van der Waals surface area contributed by atoms with Gasteiger partial charge in [-0.25, -0.2) is 8.42 Å². The fraction of sp³-hybridized carbons (Fsp3) is 0.333. The van der Waals surface area contributed by atoms with Crippen LogP contribution in [0.15, 0.2) is 64.6 Å². The highest BCUT2D eigenvalue weighted by Crippen LogP contribution is 2.25. The van der Waals surface area contributed by atoms with Gasteiger partial charge < -0.3 is 16.5 Å². The molecule has 0 unspecified atom stereocenters. The van der Waals surface area contributed by atoms with Crippen molar-refractivity contribution in [1.82, 2.24) is 9.62 Å². The smallest absolute Gasteiger partial charge is 0.241 e. The van der Waals surface area contributed by atoms with E-state index in [1.807, 2.05) is 30.3 Å². The number of carbonyl (C=O) groups is 1. The summed E-state index contributed by atoms with van der Waals surface area (Å²) >= 11 is 1.34. The molecule has 180 valence electrons. The van der Waals surface area contributed by atoms with Gasteiger partial charge in [-0.05, 0) is 47.9 Å². The standard InChI is InChI=1S/C24H29N5O3S2/c1-29(18-8-4-5-9-18)24(30)21(15-19-11-13-22(33-19)23(25)27-26)28-34(31,32)20-12-10-16-6-2-3-7-17(16)14-20/h2-3,6-7,10-14,18,21,28H,4-5,8-9,15,26H2,1H3,(H2,25,27)/t21-/m0/s1. The number of nitrogens with zero attached hydrogens (tertiary/aromatic N) is 2. The van der Waals surface area contributed by atoms with Crippen LogP contribution >= 0.6 is 11.3 Å². The number of nitrogens with one attached hydrogen (secondary N) is 1. The van der Waals surface area contributed by atoms with Gasteiger partial charge in [-0.15, -0.1) is 11.3 Å². The van der Waals surface area contributed by atoms with Gasteiger partial charge in [-0.3, -0.25) is 4.79 Å². The second kappa shape index (κ2) is 10.1. The van der Waals surface area contributed by atoms with Crippen molar-refractivity contribution in [2.45, 2.75) is 49.1 Å². The average molecular weight is 500 g/mol. The van der Waals surface area contributed by atoms with Crippen molar-refractivity contribution in [2.75, 3.05) is 7.05 Å². The van der Waals surface area contributed by atoms with E-state index in [0.717, 1.165) is 41.3 Å². The first-order chi connectivity index (χ1) is 16.3. The summed E-state index contributed by atoms with van der Waals surface area (Å²) in [6.45, 7) is 0. The maximum Gasteiger partial charge on any atom is 0.241 e. The number of amidine groups is 1. The molecule has 2 aromatic carbocycles. The van der Waals surface area contributed by atoms with Crippen LogP contribution in [0.25, 0.3) is 10.8 Å². The third kappa shape index (κ3) is 5.24. The predicted molar refractivity (Wildman–Crippen MR) is 136 cm³/mol. The summed E-state index contributed by atoms with van der Waals surface area (Å²) in [5, 5.41) is 5.27. The molecule has 1 aliphatic rings. The van der Waals surface area contributed by atoms with Gasteiger partial charge in [0.2, 0.25) is 15.9 Å². The summed E-state index contributed by atoms with van der Waals surface area (Å²) in [6, 6.07) is 15.3. The van der Waals surface area contributed by atoms with Crippen LogP contribution < -0.4 is 16.3 Å². The SMILES string of the molecule is CN(C(=O)[C@H](Cc1ccc(/C(N)=N/N)s1)NS(=O)(=O)c1ccc2ccccc2c1)C1CCCC1. The van der Waals surface area contributed by atoms with Crippen LogP contribution in [0.4, 0.5) is 0 Å². The predicted octanol–water partition coefficient (Wildman–Crippen LogP) is 2.77. The molecule has 1 fully saturated rings. The fourth-order valence-corrected chi connectivity index (χ4v) is 6.56. The Morgan fingerprint density at radius 1 is 1.15 bits per heavy atom. The third-order valence-electron chi connectivity index (χ3n) is 6.31. The van der Waals surface area contributed by atoms with E-state index < -0.39 is 16.1 Å². The molecule has 1 atom stereocenters. The molecular formula is C24H29N5O3S2. The number of benzene rings is 2. The van der Waals surface area contributed by atoms with Gasteiger partial charge in [0.1, 0.15) is 6.04 Å². The van der Waals surface area contributed by atoms with Crippen LogP contribution in [0.3, 0.4) is 0 Å². The van der Waals surface area contributed by atoms with Crippen molar-refractivity contribution in [3.63, 3.8) is 0 Å². The van der Waals surface area contributed by atoms with E-state index in [2.05, 4.69) is 9.82 Å². The fourth-order valence-electron chi connectivity index (χ4n) is 4.38. The van der Waals surface area contributed by atoms with E-state index in [9.17, 15) is 13.2 Å². The summed E-state index contributed by atoms with van der Waals surface area (Å²) in [7, 11) is -2.19. The zero-order valence-corrected chi connectivity index (χ0v) is 20.6. The van der Waals surface area contributed by atoms with Crippen LogP contribution in [-0.4, -0.2) is 44.2 Å². The Morgan fingerprint density at radius 2 is 1.85 bits per heavy atom. The van der Waals surface area contributed by atoms with E-state index in [4.69, 9.17) is 11.6 Å². The lowest BCUT2D eigenvalue weighted by Gasteiger charge is -2.29. The van der Waals surface area contributed by atoms with E-state index >= 15 is 0 Å². The van der Waals surface area contributed by atoms with Crippen LogP contribution in [-0.2, 0) is 21.2 Å². The quantitative estimate of drug-likeness (QED) is 0.190. The van der Waals surface area contributed by atoms with Crippen LogP contribution in [0, 0.1) is 0 Å². The molecule has 1 saturated carbocycles. The minimum Gasteiger partial charge on any atom is -0.381 e. The zero-order chi connectivity index (χ0) is 24.3. The molecule has 0 saturated heterocycles. The van der Waals surface area contributed by atoms with Gasteiger partial charge in [-0.1, -0.05) is 43.2 Å². The molecule has 1 aliphatic carbocycles. The van der Waals surface area contributed by atoms with Gasteiger partial charge in [0.25, 0.3) is 0 Å². The number of nitrogens with two attached hydrogens (primary N) is 2. The highest BCUT2D eigenvalue weighted by Gasteiger charge is 2.32. The van der Waals surface area contributed by atoms with Crippen molar-refractivity contribution in [3.05, 3.63) is 64.4 Å². The normalized spacial score (nSPS) is 16.1. The number of fused-ring (bicyclic) bond motifs is 1. The van der Waals surface area contributed by atoms with Gasteiger partial charge in [0.05, 0.1) is 9.77 Å². The number of likely N-dealkylation sites (N-methyl/N-ethyl adjacent to an activating group) is 1. The molecule has 1 amide bonds. The van der Waals surface area contributed by atoms with Gasteiger partial charge in [-0.2, -0.15) is 9.82 Å². The number of hydrogen-bond donors (Lipinski definition) is 3. The number of carbonyl (C=O) groups excluding carboxylic acids is 1. The molecule has 0 bridgehead atoms. The monoisotopic (exact) mass is 499 g/mol. The molecule has 0 spiro atoms. The Kier molecular flexibility index (Phi) is 7.20. The second-order valence-corrected chi connectivity index (χ2v) is 11.4. The molecule has 8 nitrogen and oxygen atoms in total. The highest BCUT2D eigenvalue weighted by molar-refractivity contribution is 7.89. The average Bonchev–Trinajstić information content (AvgIpc) is 3.54. The lowest BCUT2D eigenvalue weighted by molar-refractivity contribution is -0.133. The number of amides is 1. The van der Waals surface area contributed by atoms with Crippen molar-refractivity contribution >= 4 is 43.9 Å². The summed E-state index contributed by atoms with van der Waals surface area (Å²) < 4.78 is 29.4. The van der Waals surface area contributed by atoms with Crippen LogP contribution in [0.1, 0.15) is 35.4 Å². The summed E-state index contributed by atoms with van der Waals surface area (Å²) in [4.78, 5) is 16.8. The molecule has 34 heavy (non-hydrogen) atoms. The molecular weight excluding hydrogens is 470 g/mol. The number of sulfonamides is 1. The highest BCUT2D eigenvalue weighted by atomic mass is 32.2. The molecule has 0 radical (unpaired) electrons. The Hall–Kier alpha value is -2.95. The molecule has 3 aromatic rings. The Morgan fingerprint density at radius 3 is 2.56 bits per heavy atom. The third-order valence-corrected chi connectivity index (χ3v) is 8.90. The van der Waals surface area contributed by atoms with Gasteiger partial charge in [0.15, 0.2) is 5.84 Å². The number of hydrazone groups is 1. The molecule has 1 heterocycles. The van der Waals surface area contributed by atoms with Gasteiger partial charge >= 0.3 is 0 Å². The Balaban J connectivity index is 1.63. The second-order valence-electron chi connectivity index (χ2n) is 8.55. The number of thiophene rings is 1. The Bertz CT molecular complexity index is 1310. The molecule has 5 N–H and O–H groups in total. The summed E-state index contributed by atoms with van der Waals surface area (Å²) in [5.41, 5.74) is 5.80. The lowest BCUT2D eigenvalue weighted by Crippen LogP contribution is -2.50. The maximum atomic E-state index is 13.5. The van der Waals surface area contributed by atoms with E-state index in [1.165, 1.54) is 11.3 Å². The minimum absolute atomic E-state index is 0.124. The molecule has 1 aromatic heterocycles. The minimum atomic E-state index is -3.95. The molecule has 10 heteroatoms. The van der Waals surface area contributed by atoms with Crippen molar-refractivity contribution in [3.8, 4) is 0 Å². The largest absolute Gasteiger partial charge is 0.381 e. The number of hydrogen-bond acceptors (Lipinski definition) is 6. The van der Waals surface area contributed by atoms with Crippen molar-refractivity contribution in [1.29, 1.82) is 0 Å². The summed E-state index contributed by atoms with van der Waals surface area (Å²) in [6.07, 6.45) is 4.20. The van der Waals surface area contributed by atoms with Crippen LogP contribution in [0.2, 0.25) is 0 Å². The topological polar surface area (TPSA) is 131 Å². The number of rotatable bonds is 8. The van der Waals surface area contributed by atoms with E-state index in [-0.39, 0.29) is 29.1 Å². The molecule has 4 rings (SSSR count). The van der Waals surface area contributed by atoms with Crippen LogP contribution in [0.5, 0.6) is 0 Å². The van der Waals surface area contributed by atoms with Crippen molar-refractivity contribution < 1.29 is 13.2 Å². The van der Waals surface area contributed by atoms with E-state index in [0.29, 0.717) is 4.88 Å². The zero-order valence-electron chi connectivity index (χ0n) is 19.0. The molecule has 0 aliphatic heterocycles. The van der Waals surface area contributed by atoms with Crippen molar-refractivity contribution in [2.24, 2.45) is 16.7 Å². The van der Waals surface area contributed by atoms with Gasteiger partial charge in [0, 0.05) is 24.4 Å². The Labute approximate surface area is 203 Å². The maximum absolute atomic E-state index is 13.5. The van der Waals surface area contributed by atoms with E-state index in [1.54, 1.807) is 36.2 Å². The first-order valence-electron chi connectivity index (χ1n) is 11.2.